The Kier molecular flexibility index (Phi) is 3.69. The third kappa shape index (κ3) is 2.54. The van der Waals surface area contributed by atoms with E-state index in [1.165, 1.54) is 0 Å². The van der Waals surface area contributed by atoms with Crippen molar-refractivity contribution in [2.24, 2.45) is 0 Å². The number of ether oxygens (including phenoxy) is 1. The van der Waals surface area contributed by atoms with Crippen LogP contribution in [0.4, 0.5) is 0 Å². The first kappa shape index (κ1) is 10.6. The van der Waals surface area contributed by atoms with E-state index in [1.54, 1.807) is 0 Å². The van der Waals surface area contributed by atoms with Gasteiger partial charge in [-0.3, -0.25) is 0 Å². The van der Waals surface area contributed by atoms with Gasteiger partial charge in [-0.05, 0) is 19.4 Å². The van der Waals surface area contributed by atoms with Crippen molar-refractivity contribution < 1.29 is 4.74 Å². The maximum atomic E-state index is 5.34. The lowest BCUT2D eigenvalue weighted by molar-refractivity contribution is 0.0843. The topological polar surface area (TPSA) is 62.8 Å². The molecule has 2 N–H and O–H groups in total. The highest BCUT2D eigenvalue weighted by Crippen LogP contribution is 2.26. The van der Waals surface area contributed by atoms with Crippen LogP contribution in [0.25, 0.3) is 0 Å². The van der Waals surface area contributed by atoms with Gasteiger partial charge in [0.25, 0.3) is 0 Å². The van der Waals surface area contributed by atoms with Crippen LogP contribution >= 0.6 is 0 Å². The van der Waals surface area contributed by atoms with Crippen molar-refractivity contribution in [3.05, 3.63) is 11.4 Å². The van der Waals surface area contributed by atoms with Gasteiger partial charge in [-0.25, -0.2) is 0 Å². The standard InChI is InChI=1S/C10H18N4O/c1-2-11-7-9-10(13-14-12-9)8-3-5-15-6-4-8/h8,11H,2-7H2,1H3,(H,12,13,14). The van der Waals surface area contributed by atoms with E-state index in [1.807, 2.05) is 0 Å². The predicted molar refractivity (Wildman–Crippen MR) is 56.6 cm³/mol. The fourth-order valence-corrected chi connectivity index (χ4v) is 1.93. The van der Waals surface area contributed by atoms with Crippen LogP contribution in [0.2, 0.25) is 0 Å². The average Bonchev–Trinajstić information content (AvgIpc) is 2.75. The van der Waals surface area contributed by atoms with Crippen LogP contribution in [-0.4, -0.2) is 35.2 Å². The average molecular weight is 210 g/mol. The number of nitrogens with one attached hydrogen (secondary N) is 2. The lowest BCUT2D eigenvalue weighted by Gasteiger charge is -2.20. The number of H-pyrrole nitrogens is 1. The van der Waals surface area contributed by atoms with Crippen LogP contribution in [-0.2, 0) is 11.3 Å². The minimum absolute atomic E-state index is 0.520. The van der Waals surface area contributed by atoms with Gasteiger partial charge in [0, 0.05) is 25.7 Å². The van der Waals surface area contributed by atoms with Gasteiger partial charge < -0.3 is 10.1 Å². The molecule has 0 unspecified atom stereocenters. The van der Waals surface area contributed by atoms with Crippen LogP contribution in [0.15, 0.2) is 0 Å². The summed E-state index contributed by atoms with van der Waals surface area (Å²) in [6.45, 7) is 5.55. The summed E-state index contributed by atoms with van der Waals surface area (Å²) in [5.41, 5.74) is 2.18. The Labute approximate surface area is 89.6 Å². The van der Waals surface area contributed by atoms with E-state index in [9.17, 15) is 0 Å². The van der Waals surface area contributed by atoms with Gasteiger partial charge in [0.05, 0.1) is 11.4 Å². The van der Waals surface area contributed by atoms with Crippen molar-refractivity contribution in [2.45, 2.75) is 32.2 Å². The van der Waals surface area contributed by atoms with Crippen LogP contribution in [0.3, 0.4) is 0 Å². The summed E-state index contributed by atoms with van der Waals surface area (Å²) in [5, 5.41) is 14.5. The highest BCUT2D eigenvalue weighted by molar-refractivity contribution is 5.14. The van der Waals surface area contributed by atoms with Gasteiger partial charge in [0.15, 0.2) is 0 Å². The van der Waals surface area contributed by atoms with Gasteiger partial charge in [-0.15, -0.1) is 0 Å². The molecule has 5 heteroatoms. The predicted octanol–water partition coefficient (Wildman–Crippen LogP) is 0.808. The Morgan fingerprint density at radius 2 is 2.20 bits per heavy atom. The zero-order valence-corrected chi connectivity index (χ0v) is 9.12. The summed E-state index contributed by atoms with van der Waals surface area (Å²) >= 11 is 0. The molecule has 5 nitrogen and oxygen atoms in total. The summed E-state index contributed by atoms with van der Waals surface area (Å²) in [7, 11) is 0. The first-order valence-corrected chi connectivity index (χ1v) is 5.59. The van der Waals surface area contributed by atoms with Crippen molar-refractivity contribution in [3.63, 3.8) is 0 Å². The number of aromatic amines is 1. The zero-order chi connectivity index (χ0) is 10.5. The van der Waals surface area contributed by atoms with Gasteiger partial charge in [0.2, 0.25) is 0 Å². The third-order valence-corrected chi connectivity index (χ3v) is 2.80. The number of hydrogen-bond acceptors (Lipinski definition) is 4. The third-order valence-electron chi connectivity index (χ3n) is 2.80. The van der Waals surface area contributed by atoms with Crippen LogP contribution in [0.1, 0.15) is 37.1 Å². The van der Waals surface area contributed by atoms with E-state index in [0.717, 1.165) is 50.5 Å². The van der Waals surface area contributed by atoms with E-state index in [0.29, 0.717) is 5.92 Å². The molecule has 1 aliphatic heterocycles. The summed E-state index contributed by atoms with van der Waals surface area (Å²) in [6.07, 6.45) is 2.12. The number of aromatic nitrogens is 3. The van der Waals surface area contributed by atoms with Gasteiger partial charge >= 0.3 is 0 Å². The Morgan fingerprint density at radius 1 is 1.40 bits per heavy atom. The quantitative estimate of drug-likeness (QED) is 0.772. The summed E-state index contributed by atoms with van der Waals surface area (Å²) < 4.78 is 5.34. The molecule has 1 aromatic rings. The van der Waals surface area contributed by atoms with Crippen molar-refractivity contribution >= 4 is 0 Å². The Morgan fingerprint density at radius 3 is 2.93 bits per heavy atom. The van der Waals surface area contributed by atoms with Crippen LogP contribution in [0.5, 0.6) is 0 Å². The summed E-state index contributed by atoms with van der Waals surface area (Å²) in [6, 6.07) is 0. The molecule has 0 atom stereocenters. The molecule has 0 aromatic carbocycles. The number of rotatable bonds is 4. The van der Waals surface area contributed by atoms with Gasteiger partial charge in [0.1, 0.15) is 0 Å². The molecular weight excluding hydrogens is 192 g/mol. The van der Waals surface area contributed by atoms with Gasteiger partial charge in [-0.1, -0.05) is 6.92 Å². The van der Waals surface area contributed by atoms with Crippen LogP contribution < -0.4 is 5.32 Å². The SMILES string of the molecule is CCNCc1n[nH]nc1C1CCOCC1. The Bertz CT molecular complexity index is 293. The van der Waals surface area contributed by atoms with Gasteiger partial charge in [-0.2, -0.15) is 15.4 Å². The molecule has 15 heavy (non-hydrogen) atoms. The Balaban J connectivity index is 2.02. The second-order valence-corrected chi connectivity index (χ2v) is 3.82. The molecule has 1 aromatic heterocycles. The van der Waals surface area contributed by atoms with E-state index in [-0.39, 0.29) is 0 Å². The van der Waals surface area contributed by atoms with Crippen molar-refractivity contribution in [3.8, 4) is 0 Å². The molecule has 0 radical (unpaired) electrons. The highest BCUT2D eigenvalue weighted by atomic mass is 16.5. The monoisotopic (exact) mass is 210 g/mol. The van der Waals surface area contributed by atoms with Crippen molar-refractivity contribution in [1.29, 1.82) is 0 Å². The molecule has 2 rings (SSSR count). The fraction of sp³-hybridized carbons (Fsp3) is 0.800. The van der Waals surface area contributed by atoms with E-state index in [4.69, 9.17) is 4.74 Å². The minimum Gasteiger partial charge on any atom is -0.381 e. The molecule has 0 amide bonds. The molecule has 0 saturated carbocycles. The number of hydrogen-bond donors (Lipinski definition) is 2. The summed E-state index contributed by atoms with van der Waals surface area (Å²) in [5.74, 6) is 0.520. The lowest BCUT2D eigenvalue weighted by atomic mass is 9.95. The van der Waals surface area contributed by atoms with Crippen molar-refractivity contribution in [1.82, 2.24) is 20.7 Å². The maximum Gasteiger partial charge on any atom is 0.0997 e. The molecule has 0 bridgehead atoms. The first-order chi connectivity index (χ1) is 7.42. The normalized spacial score (nSPS) is 18.2. The molecular formula is C10H18N4O. The molecule has 0 spiro atoms. The maximum absolute atomic E-state index is 5.34. The molecule has 84 valence electrons. The second-order valence-electron chi connectivity index (χ2n) is 3.82. The first-order valence-electron chi connectivity index (χ1n) is 5.59. The van der Waals surface area contributed by atoms with Crippen LogP contribution in [0, 0.1) is 0 Å². The van der Waals surface area contributed by atoms with E-state index in [2.05, 4.69) is 27.7 Å². The minimum atomic E-state index is 0.520. The van der Waals surface area contributed by atoms with E-state index >= 15 is 0 Å². The lowest BCUT2D eigenvalue weighted by Crippen LogP contribution is -2.18. The molecule has 2 heterocycles. The summed E-state index contributed by atoms with van der Waals surface area (Å²) in [4.78, 5) is 0. The largest absolute Gasteiger partial charge is 0.381 e. The molecule has 1 fully saturated rings. The zero-order valence-electron chi connectivity index (χ0n) is 9.12. The Hall–Kier alpha value is -0.940. The molecule has 1 aliphatic rings. The number of nitrogens with zero attached hydrogens (tertiary/aromatic N) is 2. The van der Waals surface area contributed by atoms with Crippen molar-refractivity contribution in [2.75, 3.05) is 19.8 Å². The highest BCUT2D eigenvalue weighted by Gasteiger charge is 2.21. The molecule has 0 aliphatic carbocycles. The van der Waals surface area contributed by atoms with E-state index < -0.39 is 0 Å². The second kappa shape index (κ2) is 5.23. The molecule has 1 saturated heterocycles. The smallest absolute Gasteiger partial charge is 0.0997 e. The fourth-order valence-electron chi connectivity index (χ4n) is 1.93.